The van der Waals surface area contributed by atoms with Gasteiger partial charge in [0.25, 0.3) is 5.91 Å². The van der Waals surface area contributed by atoms with Crippen molar-refractivity contribution < 1.29 is 18.7 Å². The van der Waals surface area contributed by atoms with Gasteiger partial charge in [0, 0.05) is 9.13 Å². The van der Waals surface area contributed by atoms with Crippen molar-refractivity contribution in [3.05, 3.63) is 51.3 Å². The lowest BCUT2D eigenvalue weighted by Crippen LogP contribution is -2.34. The molecule has 0 aliphatic carbocycles. The monoisotopic (exact) mass is 444 g/mol. The summed E-state index contributed by atoms with van der Waals surface area (Å²) in [6, 6.07) is 9.45. The molecular weight excluding hydrogens is 434 g/mol. The fourth-order valence-corrected chi connectivity index (χ4v) is 2.61. The van der Waals surface area contributed by atoms with Crippen molar-refractivity contribution >= 4 is 51.5 Å². The number of benzene rings is 2. The summed E-state index contributed by atoms with van der Waals surface area (Å²) in [6.07, 6.45) is 0. The normalized spacial score (nSPS) is 11.9. The van der Waals surface area contributed by atoms with Crippen molar-refractivity contribution in [2.75, 3.05) is 12.1 Å². The van der Waals surface area contributed by atoms with Gasteiger partial charge < -0.3 is 14.8 Å². The molecule has 1 amide bonds. The molecule has 8 heteroatoms. The molecule has 0 unspecified atom stereocenters. The van der Waals surface area contributed by atoms with E-state index in [0.29, 0.717) is 17.1 Å². The van der Waals surface area contributed by atoms with Crippen molar-refractivity contribution in [1.82, 2.24) is 5.32 Å². The van der Waals surface area contributed by atoms with Gasteiger partial charge in [0.1, 0.15) is 5.82 Å². The van der Waals surface area contributed by atoms with Crippen LogP contribution in [0.3, 0.4) is 0 Å². The van der Waals surface area contributed by atoms with Crippen molar-refractivity contribution in [3.63, 3.8) is 0 Å². The molecule has 0 spiro atoms. The van der Waals surface area contributed by atoms with Gasteiger partial charge in [-0.25, -0.2) is 4.39 Å². The van der Waals surface area contributed by atoms with Crippen LogP contribution in [0.1, 0.15) is 10.4 Å². The van der Waals surface area contributed by atoms with E-state index in [1.54, 1.807) is 30.3 Å². The average Bonchev–Trinajstić information content (AvgIpc) is 2.97. The molecule has 2 N–H and O–H groups in total. The van der Waals surface area contributed by atoms with Gasteiger partial charge in [0.05, 0.1) is 5.69 Å². The maximum atomic E-state index is 13.8. The predicted molar refractivity (Wildman–Crippen MR) is 95.4 cm³/mol. The van der Waals surface area contributed by atoms with E-state index in [1.165, 1.54) is 6.07 Å². The summed E-state index contributed by atoms with van der Waals surface area (Å²) in [5.74, 6) is 0.215. The van der Waals surface area contributed by atoms with E-state index in [1.807, 2.05) is 22.6 Å². The van der Waals surface area contributed by atoms with Crippen molar-refractivity contribution in [2.45, 2.75) is 0 Å². The van der Waals surface area contributed by atoms with Gasteiger partial charge in [-0.15, -0.1) is 0 Å². The number of anilines is 1. The Morgan fingerprint density at radius 1 is 1.17 bits per heavy atom. The summed E-state index contributed by atoms with van der Waals surface area (Å²) in [7, 11) is 0. The van der Waals surface area contributed by atoms with Crippen LogP contribution in [0.5, 0.6) is 11.5 Å². The van der Waals surface area contributed by atoms with Crippen LogP contribution in [0.25, 0.3) is 0 Å². The second-order valence-electron chi connectivity index (χ2n) is 4.60. The number of amides is 1. The third kappa shape index (κ3) is 3.70. The number of nitrogens with one attached hydrogen (secondary N) is 2. The summed E-state index contributed by atoms with van der Waals surface area (Å²) in [5, 5.41) is 5.16. The number of carbonyl (C=O) groups excluding carboxylic acids is 1. The van der Waals surface area contributed by atoms with E-state index >= 15 is 0 Å². The van der Waals surface area contributed by atoms with E-state index in [0.717, 1.165) is 3.57 Å². The molecule has 0 atom stereocenters. The number of carbonyl (C=O) groups is 1. The Morgan fingerprint density at radius 3 is 2.74 bits per heavy atom. The second-order valence-corrected chi connectivity index (χ2v) is 6.25. The SMILES string of the molecule is O=C(NC(=S)Nc1ccc(I)cc1F)c1ccc2c(c1)OCO2. The molecule has 2 aromatic carbocycles. The molecule has 0 aromatic heterocycles. The second kappa shape index (κ2) is 6.67. The van der Waals surface area contributed by atoms with Gasteiger partial charge in [0.15, 0.2) is 16.6 Å². The lowest BCUT2D eigenvalue weighted by Gasteiger charge is -2.10. The molecule has 2 aromatic rings. The lowest BCUT2D eigenvalue weighted by molar-refractivity contribution is 0.0977. The molecule has 0 saturated carbocycles. The summed E-state index contributed by atoms with van der Waals surface area (Å²) < 4.78 is 24.9. The maximum absolute atomic E-state index is 13.8. The van der Waals surface area contributed by atoms with Gasteiger partial charge in [-0.2, -0.15) is 0 Å². The smallest absolute Gasteiger partial charge is 0.257 e. The van der Waals surface area contributed by atoms with E-state index in [9.17, 15) is 9.18 Å². The summed E-state index contributed by atoms with van der Waals surface area (Å²) in [6.45, 7) is 0.131. The Morgan fingerprint density at radius 2 is 1.96 bits per heavy atom. The molecule has 118 valence electrons. The Bertz CT molecular complexity index is 800. The molecule has 0 radical (unpaired) electrons. The maximum Gasteiger partial charge on any atom is 0.257 e. The molecule has 1 heterocycles. The first-order valence-electron chi connectivity index (χ1n) is 6.50. The van der Waals surface area contributed by atoms with Crippen LogP contribution in [0.4, 0.5) is 10.1 Å². The van der Waals surface area contributed by atoms with E-state index < -0.39 is 11.7 Å². The summed E-state index contributed by atoms with van der Waals surface area (Å²) >= 11 is 7.04. The molecule has 1 aliphatic rings. The Labute approximate surface area is 150 Å². The first-order chi connectivity index (χ1) is 11.0. The molecule has 23 heavy (non-hydrogen) atoms. The largest absolute Gasteiger partial charge is 0.454 e. The van der Waals surface area contributed by atoms with Crippen LogP contribution in [0, 0.1) is 9.39 Å². The summed E-state index contributed by atoms with van der Waals surface area (Å²) in [4.78, 5) is 12.2. The first kappa shape index (κ1) is 15.9. The van der Waals surface area contributed by atoms with Crippen LogP contribution >= 0.6 is 34.8 Å². The molecule has 3 rings (SSSR count). The van der Waals surface area contributed by atoms with Gasteiger partial charge in [-0.3, -0.25) is 10.1 Å². The topological polar surface area (TPSA) is 59.6 Å². The molecule has 0 fully saturated rings. The van der Waals surface area contributed by atoms with Crippen molar-refractivity contribution in [2.24, 2.45) is 0 Å². The fraction of sp³-hybridized carbons (Fsp3) is 0.0667. The number of rotatable bonds is 2. The number of hydrogen-bond donors (Lipinski definition) is 2. The number of ether oxygens (including phenoxy) is 2. The van der Waals surface area contributed by atoms with Crippen LogP contribution in [-0.2, 0) is 0 Å². The molecule has 0 saturated heterocycles. The van der Waals surface area contributed by atoms with Gasteiger partial charge >= 0.3 is 0 Å². The number of fused-ring (bicyclic) bond motifs is 1. The summed E-state index contributed by atoms with van der Waals surface area (Å²) in [5.41, 5.74) is 0.558. The highest BCUT2D eigenvalue weighted by Gasteiger charge is 2.17. The zero-order valence-corrected chi connectivity index (χ0v) is 14.5. The Kier molecular flexibility index (Phi) is 4.62. The third-order valence-electron chi connectivity index (χ3n) is 3.04. The molecule has 0 bridgehead atoms. The van der Waals surface area contributed by atoms with Gasteiger partial charge in [0.2, 0.25) is 6.79 Å². The van der Waals surface area contributed by atoms with Crippen LogP contribution in [0.2, 0.25) is 0 Å². The zero-order valence-electron chi connectivity index (χ0n) is 11.6. The highest BCUT2D eigenvalue weighted by Crippen LogP contribution is 2.32. The van der Waals surface area contributed by atoms with E-state index in [-0.39, 0.29) is 17.6 Å². The fourth-order valence-electron chi connectivity index (χ4n) is 1.96. The number of hydrogen-bond acceptors (Lipinski definition) is 4. The molecular formula is C15H10FIN2O3S. The van der Waals surface area contributed by atoms with E-state index in [2.05, 4.69) is 10.6 Å². The third-order valence-corrected chi connectivity index (χ3v) is 3.92. The van der Waals surface area contributed by atoms with Gasteiger partial charge in [-0.05, 0) is 71.2 Å². The standard InChI is InChI=1S/C15H10FIN2O3S/c16-10-6-9(17)2-3-11(10)18-15(23)19-14(20)8-1-4-12-13(5-8)22-7-21-12/h1-6H,7H2,(H2,18,19,20,23). The number of thiocarbonyl (C=S) groups is 1. The lowest BCUT2D eigenvalue weighted by atomic mass is 10.2. The van der Waals surface area contributed by atoms with Crippen LogP contribution in [0.15, 0.2) is 36.4 Å². The minimum Gasteiger partial charge on any atom is -0.454 e. The van der Waals surface area contributed by atoms with Crippen LogP contribution in [-0.4, -0.2) is 17.8 Å². The van der Waals surface area contributed by atoms with E-state index in [4.69, 9.17) is 21.7 Å². The first-order valence-corrected chi connectivity index (χ1v) is 7.98. The Balaban J connectivity index is 1.66. The molecule has 1 aliphatic heterocycles. The zero-order chi connectivity index (χ0) is 16.4. The predicted octanol–water partition coefficient (Wildman–Crippen LogP) is 3.29. The minimum absolute atomic E-state index is 0.00720. The number of halogens is 2. The minimum atomic E-state index is -0.448. The average molecular weight is 444 g/mol. The highest BCUT2D eigenvalue weighted by molar-refractivity contribution is 14.1. The van der Waals surface area contributed by atoms with Gasteiger partial charge in [-0.1, -0.05) is 0 Å². The quantitative estimate of drug-likeness (QED) is 0.550. The van der Waals surface area contributed by atoms with Crippen molar-refractivity contribution in [3.8, 4) is 11.5 Å². The van der Waals surface area contributed by atoms with Crippen molar-refractivity contribution in [1.29, 1.82) is 0 Å². The Hall–Kier alpha value is -1.94. The van der Waals surface area contributed by atoms with Crippen LogP contribution < -0.4 is 20.1 Å². The highest BCUT2D eigenvalue weighted by atomic mass is 127. The molecule has 5 nitrogen and oxygen atoms in total.